The van der Waals surface area contributed by atoms with E-state index in [-0.39, 0.29) is 29.8 Å². The highest BCUT2D eigenvalue weighted by Crippen LogP contribution is 2.22. The predicted octanol–water partition coefficient (Wildman–Crippen LogP) is 2.59. The molecule has 0 unspecified atom stereocenters. The monoisotopic (exact) mass is 276 g/mol. The summed E-state index contributed by atoms with van der Waals surface area (Å²) in [6.45, 7) is 3.70. The SMILES string of the molecule is CC[C@@H](C)C(=O)OCc1cc(=O)oc2cc(O)ccc12. The molecular weight excluding hydrogens is 260 g/mol. The summed E-state index contributed by atoms with van der Waals surface area (Å²) >= 11 is 0. The number of fused-ring (bicyclic) bond motifs is 1. The molecule has 1 atom stereocenters. The van der Waals surface area contributed by atoms with Gasteiger partial charge in [-0.25, -0.2) is 4.79 Å². The lowest BCUT2D eigenvalue weighted by Gasteiger charge is -2.10. The molecule has 0 aliphatic heterocycles. The smallest absolute Gasteiger partial charge is 0.336 e. The van der Waals surface area contributed by atoms with E-state index in [4.69, 9.17) is 9.15 Å². The van der Waals surface area contributed by atoms with E-state index in [0.29, 0.717) is 17.4 Å². The first-order valence-corrected chi connectivity index (χ1v) is 6.43. The average molecular weight is 276 g/mol. The van der Waals surface area contributed by atoms with Crippen LogP contribution in [0.3, 0.4) is 0 Å². The van der Waals surface area contributed by atoms with Crippen LogP contribution in [0.5, 0.6) is 5.75 Å². The number of phenolic OH excluding ortho intramolecular Hbond substituents is 1. The number of hydrogen-bond donors (Lipinski definition) is 1. The number of carbonyl (C=O) groups is 1. The third-order valence-electron chi connectivity index (χ3n) is 3.20. The van der Waals surface area contributed by atoms with Gasteiger partial charge in [-0.3, -0.25) is 4.79 Å². The normalized spacial score (nSPS) is 12.3. The van der Waals surface area contributed by atoms with Crippen LogP contribution >= 0.6 is 0 Å². The van der Waals surface area contributed by atoms with Crippen molar-refractivity contribution in [3.63, 3.8) is 0 Å². The quantitative estimate of drug-likeness (QED) is 0.686. The number of esters is 1. The van der Waals surface area contributed by atoms with E-state index in [9.17, 15) is 14.7 Å². The highest BCUT2D eigenvalue weighted by atomic mass is 16.5. The van der Waals surface area contributed by atoms with Crippen LogP contribution in [0.4, 0.5) is 0 Å². The Hall–Kier alpha value is -2.30. The molecule has 0 saturated carbocycles. The maximum absolute atomic E-state index is 11.7. The van der Waals surface area contributed by atoms with Crippen LogP contribution in [0.25, 0.3) is 11.0 Å². The number of carbonyl (C=O) groups excluding carboxylic acids is 1. The van der Waals surface area contributed by atoms with Crippen molar-refractivity contribution >= 4 is 16.9 Å². The maximum Gasteiger partial charge on any atom is 0.336 e. The van der Waals surface area contributed by atoms with Crippen molar-refractivity contribution in [1.29, 1.82) is 0 Å². The minimum absolute atomic E-state index is 0.00870. The topological polar surface area (TPSA) is 76.7 Å². The van der Waals surface area contributed by atoms with E-state index in [1.165, 1.54) is 18.2 Å². The number of phenols is 1. The Bertz CT molecular complexity index is 686. The average Bonchev–Trinajstić information content (AvgIpc) is 2.42. The van der Waals surface area contributed by atoms with Crippen LogP contribution in [0, 0.1) is 5.92 Å². The summed E-state index contributed by atoms with van der Waals surface area (Å²) in [5.41, 5.74) is 0.290. The summed E-state index contributed by atoms with van der Waals surface area (Å²) in [5, 5.41) is 10.0. The van der Waals surface area contributed by atoms with Crippen molar-refractivity contribution in [2.45, 2.75) is 26.9 Å². The lowest BCUT2D eigenvalue weighted by atomic mass is 10.1. The van der Waals surface area contributed by atoms with Crippen LogP contribution in [-0.4, -0.2) is 11.1 Å². The molecule has 1 N–H and O–H groups in total. The van der Waals surface area contributed by atoms with Gasteiger partial charge in [0.25, 0.3) is 0 Å². The van der Waals surface area contributed by atoms with Crippen LogP contribution in [0.15, 0.2) is 33.5 Å². The molecule has 5 nitrogen and oxygen atoms in total. The Labute approximate surface area is 115 Å². The van der Waals surface area contributed by atoms with Gasteiger partial charge in [0, 0.05) is 23.1 Å². The van der Waals surface area contributed by atoms with E-state index in [0.717, 1.165) is 0 Å². The maximum atomic E-state index is 11.7. The molecular formula is C15H16O5. The second kappa shape index (κ2) is 5.77. The third kappa shape index (κ3) is 2.99. The van der Waals surface area contributed by atoms with Gasteiger partial charge in [-0.2, -0.15) is 0 Å². The van der Waals surface area contributed by atoms with Gasteiger partial charge in [0.2, 0.25) is 0 Å². The molecule has 2 rings (SSSR count). The number of benzene rings is 1. The van der Waals surface area contributed by atoms with Crippen LogP contribution < -0.4 is 5.63 Å². The van der Waals surface area contributed by atoms with E-state index in [2.05, 4.69) is 0 Å². The molecule has 106 valence electrons. The fourth-order valence-electron chi connectivity index (χ4n) is 1.80. The number of hydrogen-bond acceptors (Lipinski definition) is 5. The third-order valence-corrected chi connectivity index (χ3v) is 3.20. The Morgan fingerprint density at radius 2 is 2.15 bits per heavy atom. The second-order valence-electron chi connectivity index (χ2n) is 4.69. The largest absolute Gasteiger partial charge is 0.508 e. The lowest BCUT2D eigenvalue weighted by molar-refractivity contribution is -0.149. The summed E-state index contributed by atoms with van der Waals surface area (Å²) in [6, 6.07) is 5.77. The fourth-order valence-corrected chi connectivity index (χ4v) is 1.80. The van der Waals surface area contributed by atoms with Crippen LogP contribution in [0.2, 0.25) is 0 Å². The molecule has 5 heteroatoms. The van der Waals surface area contributed by atoms with E-state index in [1.54, 1.807) is 13.0 Å². The molecule has 1 aromatic carbocycles. The molecule has 20 heavy (non-hydrogen) atoms. The molecule has 0 spiro atoms. The minimum atomic E-state index is -0.544. The lowest BCUT2D eigenvalue weighted by Crippen LogP contribution is -2.14. The van der Waals surface area contributed by atoms with Crippen LogP contribution in [-0.2, 0) is 16.1 Å². The Morgan fingerprint density at radius 1 is 1.40 bits per heavy atom. The highest BCUT2D eigenvalue weighted by molar-refractivity contribution is 5.81. The Kier molecular flexibility index (Phi) is 4.08. The molecule has 1 aromatic heterocycles. The summed E-state index contributed by atoms with van der Waals surface area (Å²) < 4.78 is 10.2. The predicted molar refractivity (Wildman–Crippen MR) is 73.4 cm³/mol. The molecule has 0 aliphatic rings. The zero-order chi connectivity index (χ0) is 14.7. The molecule has 1 heterocycles. The van der Waals surface area contributed by atoms with Gasteiger partial charge < -0.3 is 14.3 Å². The summed E-state index contributed by atoms with van der Waals surface area (Å²) in [4.78, 5) is 23.1. The van der Waals surface area contributed by atoms with Crippen molar-refractivity contribution < 1.29 is 19.1 Å². The molecule has 0 saturated heterocycles. The standard InChI is InChI=1S/C15H16O5/c1-3-9(2)15(18)19-8-10-6-14(17)20-13-7-11(16)4-5-12(10)13/h4-7,9,16H,3,8H2,1-2H3/t9-/m1/s1. The molecule has 0 amide bonds. The van der Waals surface area contributed by atoms with Gasteiger partial charge in [0.1, 0.15) is 17.9 Å². The Balaban J connectivity index is 2.30. The van der Waals surface area contributed by atoms with E-state index in [1.807, 2.05) is 6.92 Å². The van der Waals surface area contributed by atoms with Crippen molar-refractivity contribution in [3.8, 4) is 5.75 Å². The van der Waals surface area contributed by atoms with Crippen molar-refractivity contribution in [1.82, 2.24) is 0 Å². The molecule has 0 aliphatic carbocycles. The van der Waals surface area contributed by atoms with Gasteiger partial charge in [0.15, 0.2) is 0 Å². The van der Waals surface area contributed by atoms with Crippen molar-refractivity contribution in [2.75, 3.05) is 0 Å². The molecule has 2 aromatic rings. The second-order valence-corrected chi connectivity index (χ2v) is 4.69. The molecule has 0 bridgehead atoms. The molecule has 0 fully saturated rings. The highest BCUT2D eigenvalue weighted by Gasteiger charge is 2.13. The summed E-state index contributed by atoms with van der Waals surface area (Å²) in [5.74, 6) is -0.465. The first kappa shape index (κ1) is 14.1. The van der Waals surface area contributed by atoms with Crippen molar-refractivity contribution in [3.05, 3.63) is 40.2 Å². The summed E-state index contributed by atoms with van der Waals surface area (Å²) in [7, 11) is 0. The van der Waals surface area contributed by atoms with Gasteiger partial charge >= 0.3 is 11.6 Å². The van der Waals surface area contributed by atoms with Crippen LogP contribution in [0.1, 0.15) is 25.8 Å². The Morgan fingerprint density at radius 3 is 2.85 bits per heavy atom. The number of rotatable bonds is 4. The summed E-state index contributed by atoms with van der Waals surface area (Å²) in [6.07, 6.45) is 0.699. The van der Waals surface area contributed by atoms with E-state index < -0.39 is 5.63 Å². The number of ether oxygens (including phenoxy) is 1. The zero-order valence-electron chi connectivity index (χ0n) is 11.4. The first-order chi connectivity index (χ1) is 9.51. The minimum Gasteiger partial charge on any atom is -0.508 e. The zero-order valence-corrected chi connectivity index (χ0v) is 11.4. The van der Waals surface area contributed by atoms with Crippen molar-refractivity contribution in [2.24, 2.45) is 5.92 Å². The first-order valence-electron chi connectivity index (χ1n) is 6.43. The number of aromatic hydroxyl groups is 1. The fraction of sp³-hybridized carbons (Fsp3) is 0.333. The molecule has 0 radical (unpaired) electrons. The van der Waals surface area contributed by atoms with Gasteiger partial charge in [0.05, 0.1) is 5.92 Å². The van der Waals surface area contributed by atoms with Gasteiger partial charge in [-0.05, 0) is 18.6 Å². The van der Waals surface area contributed by atoms with Gasteiger partial charge in [-0.15, -0.1) is 0 Å². The van der Waals surface area contributed by atoms with Gasteiger partial charge in [-0.1, -0.05) is 13.8 Å². The van der Waals surface area contributed by atoms with E-state index >= 15 is 0 Å².